The van der Waals surface area contributed by atoms with E-state index in [2.05, 4.69) is 26.1 Å². The molecule has 1 atom stereocenters. The van der Waals surface area contributed by atoms with Gasteiger partial charge in [-0.15, -0.1) is 10.2 Å². The fourth-order valence-corrected chi connectivity index (χ4v) is 1.35. The van der Waals surface area contributed by atoms with Crippen molar-refractivity contribution in [3.05, 3.63) is 17.8 Å². The molecular formula is C12H19N5O2. The summed E-state index contributed by atoms with van der Waals surface area (Å²) in [5, 5.41) is 15.7. The van der Waals surface area contributed by atoms with Gasteiger partial charge in [0.15, 0.2) is 5.69 Å². The number of likely N-dealkylation sites (N-methyl/N-ethyl adjacent to an activating group) is 1. The first-order chi connectivity index (χ1) is 9.08. The molecule has 0 saturated carbocycles. The molecule has 1 aromatic heterocycles. The van der Waals surface area contributed by atoms with Crippen molar-refractivity contribution in [1.82, 2.24) is 20.8 Å². The van der Waals surface area contributed by atoms with Crippen LogP contribution >= 0.6 is 0 Å². The molecule has 1 heterocycles. The van der Waals surface area contributed by atoms with Gasteiger partial charge in [0.1, 0.15) is 11.9 Å². The zero-order valence-electron chi connectivity index (χ0n) is 11.4. The lowest BCUT2D eigenvalue weighted by molar-refractivity contribution is -0.122. The van der Waals surface area contributed by atoms with Gasteiger partial charge in [0.25, 0.3) is 5.91 Å². The molecule has 0 spiro atoms. The summed E-state index contributed by atoms with van der Waals surface area (Å²) in [5.74, 6) is -0.0640. The molecule has 3 N–H and O–H groups in total. The Balaban J connectivity index is 2.60. The number of rotatable bonds is 6. The second-order valence-corrected chi connectivity index (χ2v) is 4.04. The molecular weight excluding hydrogens is 246 g/mol. The third-order valence-corrected chi connectivity index (χ3v) is 2.44. The highest BCUT2D eigenvalue weighted by atomic mass is 16.2. The SMILES string of the molecule is CCCNc1ccc(C(=O)NC(C)C(=O)NC)nn1. The molecule has 7 nitrogen and oxygen atoms in total. The van der Waals surface area contributed by atoms with E-state index in [0.717, 1.165) is 13.0 Å². The number of carbonyl (C=O) groups excluding carboxylic acids is 2. The molecule has 0 radical (unpaired) electrons. The Kier molecular flexibility index (Phi) is 5.72. The number of nitrogens with zero attached hydrogens (tertiary/aromatic N) is 2. The molecule has 0 aromatic carbocycles. The highest BCUT2D eigenvalue weighted by Gasteiger charge is 2.16. The largest absolute Gasteiger partial charge is 0.369 e. The van der Waals surface area contributed by atoms with Gasteiger partial charge in [0.05, 0.1) is 0 Å². The van der Waals surface area contributed by atoms with Crippen LogP contribution in [0.4, 0.5) is 5.82 Å². The first kappa shape index (κ1) is 14.9. The summed E-state index contributed by atoms with van der Waals surface area (Å²) in [6, 6.07) is 2.64. The summed E-state index contributed by atoms with van der Waals surface area (Å²) in [6.45, 7) is 4.44. The fraction of sp³-hybridized carbons (Fsp3) is 0.500. The zero-order chi connectivity index (χ0) is 14.3. The van der Waals surface area contributed by atoms with E-state index < -0.39 is 11.9 Å². The van der Waals surface area contributed by atoms with Crippen molar-refractivity contribution in [1.29, 1.82) is 0 Å². The molecule has 1 aromatic rings. The van der Waals surface area contributed by atoms with Crippen LogP contribution < -0.4 is 16.0 Å². The summed E-state index contributed by atoms with van der Waals surface area (Å²) in [7, 11) is 1.51. The Morgan fingerprint density at radius 1 is 1.32 bits per heavy atom. The van der Waals surface area contributed by atoms with Crippen LogP contribution in [0.1, 0.15) is 30.8 Å². The van der Waals surface area contributed by atoms with Crippen LogP contribution in [0, 0.1) is 0 Å². The maximum atomic E-state index is 11.8. The van der Waals surface area contributed by atoms with E-state index in [1.807, 2.05) is 6.92 Å². The number of carbonyl (C=O) groups is 2. The van der Waals surface area contributed by atoms with Gasteiger partial charge in [-0.3, -0.25) is 9.59 Å². The van der Waals surface area contributed by atoms with Gasteiger partial charge in [0.2, 0.25) is 5.91 Å². The van der Waals surface area contributed by atoms with Crippen molar-refractivity contribution < 1.29 is 9.59 Å². The number of hydrogen-bond acceptors (Lipinski definition) is 5. The summed E-state index contributed by atoms with van der Waals surface area (Å²) < 4.78 is 0. The second-order valence-electron chi connectivity index (χ2n) is 4.04. The average Bonchev–Trinajstić information content (AvgIpc) is 2.44. The molecule has 19 heavy (non-hydrogen) atoms. The summed E-state index contributed by atoms with van der Waals surface area (Å²) in [5.41, 5.74) is 0.179. The van der Waals surface area contributed by atoms with E-state index in [-0.39, 0.29) is 11.6 Å². The maximum absolute atomic E-state index is 11.8. The average molecular weight is 265 g/mol. The van der Waals surface area contributed by atoms with E-state index in [9.17, 15) is 9.59 Å². The van der Waals surface area contributed by atoms with Gasteiger partial charge >= 0.3 is 0 Å². The predicted molar refractivity (Wildman–Crippen MR) is 71.8 cm³/mol. The molecule has 0 aliphatic heterocycles. The summed E-state index contributed by atoms with van der Waals surface area (Å²) in [4.78, 5) is 23.1. The van der Waals surface area contributed by atoms with Crippen LogP contribution in [-0.2, 0) is 4.79 Å². The fourth-order valence-electron chi connectivity index (χ4n) is 1.35. The molecule has 1 unspecified atom stereocenters. The van der Waals surface area contributed by atoms with Crippen molar-refractivity contribution in [3.63, 3.8) is 0 Å². The van der Waals surface area contributed by atoms with Gasteiger partial charge in [-0.25, -0.2) is 0 Å². The summed E-state index contributed by atoms with van der Waals surface area (Å²) >= 11 is 0. The molecule has 1 rings (SSSR count). The van der Waals surface area contributed by atoms with Gasteiger partial charge in [-0.1, -0.05) is 6.92 Å². The molecule has 0 aliphatic rings. The number of nitrogens with one attached hydrogen (secondary N) is 3. The molecule has 7 heteroatoms. The first-order valence-electron chi connectivity index (χ1n) is 6.18. The smallest absolute Gasteiger partial charge is 0.272 e. The minimum Gasteiger partial charge on any atom is -0.369 e. The van der Waals surface area contributed by atoms with Crippen LogP contribution in [0.3, 0.4) is 0 Å². The van der Waals surface area contributed by atoms with Crippen molar-refractivity contribution in [2.24, 2.45) is 0 Å². The monoisotopic (exact) mass is 265 g/mol. The molecule has 104 valence electrons. The Labute approximate surface area is 112 Å². The molecule has 0 bridgehead atoms. The van der Waals surface area contributed by atoms with Gasteiger partial charge < -0.3 is 16.0 Å². The third-order valence-electron chi connectivity index (χ3n) is 2.44. The third kappa shape index (κ3) is 4.53. The predicted octanol–water partition coefficient (Wildman–Crippen LogP) is 0.163. The van der Waals surface area contributed by atoms with Crippen LogP contribution in [0.25, 0.3) is 0 Å². The molecule has 0 saturated heterocycles. The lowest BCUT2D eigenvalue weighted by atomic mass is 10.3. The normalized spacial score (nSPS) is 11.5. The first-order valence-corrected chi connectivity index (χ1v) is 6.18. The van der Waals surface area contributed by atoms with Crippen molar-refractivity contribution in [2.45, 2.75) is 26.3 Å². The number of hydrogen-bond donors (Lipinski definition) is 3. The Hall–Kier alpha value is -2.18. The minimum absolute atomic E-state index is 0.179. The lowest BCUT2D eigenvalue weighted by Crippen LogP contribution is -2.43. The van der Waals surface area contributed by atoms with Gasteiger partial charge in [0, 0.05) is 13.6 Å². The lowest BCUT2D eigenvalue weighted by Gasteiger charge is -2.11. The second kappa shape index (κ2) is 7.30. The Morgan fingerprint density at radius 3 is 2.58 bits per heavy atom. The van der Waals surface area contributed by atoms with Crippen molar-refractivity contribution in [3.8, 4) is 0 Å². The van der Waals surface area contributed by atoms with Gasteiger partial charge in [-0.05, 0) is 25.5 Å². The van der Waals surface area contributed by atoms with Crippen molar-refractivity contribution in [2.75, 3.05) is 18.9 Å². The Bertz CT molecular complexity index is 432. The van der Waals surface area contributed by atoms with E-state index in [1.54, 1.807) is 19.1 Å². The van der Waals surface area contributed by atoms with Gasteiger partial charge in [-0.2, -0.15) is 0 Å². The van der Waals surface area contributed by atoms with E-state index >= 15 is 0 Å². The van der Waals surface area contributed by atoms with E-state index in [4.69, 9.17) is 0 Å². The molecule has 0 aliphatic carbocycles. The Morgan fingerprint density at radius 2 is 2.05 bits per heavy atom. The quantitative estimate of drug-likeness (QED) is 0.681. The standard InChI is InChI=1S/C12H19N5O2/c1-4-7-14-10-6-5-9(16-17-10)12(19)15-8(2)11(18)13-3/h5-6,8H,4,7H2,1-3H3,(H,13,18)(H,14,17)(H,15,19). The summed E-state index contributed by atoms with van der Waals surface area (Å²) in [6.07, 6.45) is 0.980. The molecule has 0 fully saturated rings. The van der Waals surface area contributed by atoms with E-state index in [1.165, 1.54) is 7.05 Å². The minimum atomic E-state index is -0.614. The van der Waals surface area contributed by atoms with Crippen LogP contribution in [0.15, 0.2) is 12.1 Å². The van der Waals surface area contributed by atoms with Crippen LogP contribution in [0.2, 0.25) is 0 Å². The molecule has 2 amide bonds. The van der Waals surface area contributed by atoms with E-state index in [0.29, 0.717) is 5.82 Å². The highest BCUT2D eigenvalue weighted by molar-refractivity contribution is 5.95. The zero-order valence-corrected chi connectivity index (χ0v) is 11.4. The topological polar surface area (TPSA) is 96.0 Å². The van der Waals surface area contributed by atoms with Crippen molar-refractivity contribution >= 4 is 17.6 Å². The number of anilines is 1. The highest BCUT2D eigenvalue weighted by Crippen LogP contribution is 2.02. The van der Waals surface area contributed by atoms with Crippen LogP contribution in [-0.4, -0.2) is 41.6 Å². The maximum Gasteiger partial charge on any atom is 0.272 e. The number of amides is 2. The number of aromatic nitrogens is 2. The van der Waals surface area contributed by atoms with Crippen LogP contribution in [0.5, 0.6) is 0 Å².